The first-order chi connectivity index (χ1) is 20.5. The highest BCUT2D eigenvalue weighted by molar-refractivity contribution is 8.01. The summed E-state index contributed by atoms with van der Waals surface area (Å²) in [5.41, 5.74) is 0.0445. The predicted octanol–water partition coefficient (Wildman–Crippen LogP) is 2.26. The Morgan fingerprint density at radius 3 is 2.40 bits per heavy atom. The first kappa shape index (κ1) is 30.0. The van der Waals surface area contributed by atoms with Gasteiger partial charge in [0.15, 0.2) is 17.8 Å². The van der Waals surface area contributed by atoms with Crippen LogP contribution in [0.1, 0.15) is 46.2 Å². The first-order valence-corrected chi connectivity index (χ1v) is 15.0. The molecule has 0 radical (unpaired) electrons. The zero-order chi connectivity index (χ0) is 30.9. The molecule has 2 saturated heterocycles. The molecule has 0 saturated carbocycles. The van der Waals surface area contributed by atoms with Crippen LogP contribution in [-0.2, 0) is 19.1 Å². The lowest BCUT2D eigenvalue weighted by molar-refractivity contribution is -0.163. The number of nitrogens with zero attached hydrogens (tertiary/aromatic N) is 1. The minimum atomic E-state index is -1.30. The third kappa shape index (κ3) is 6.04. The maximum Gasteiger partial charge on any atom is 0.330 e. The second-order valence-electron chi connectivity index (χ2n) is 10.5. The minimum absolute atomic E-state index is 0.0567. The summed E-state index contributed by atoms with van der Waals surface area (Å²) >= 11 is 2.45. The van der Waals surface area contributed by atoms with Crippen LogP contribution in [0.5, 0.6) is 5.75 Å². The molecule has 2 aromatic carbocycles. The normalized spacial score (nSPS) is 20.7. The van der Waals surface area contributed by atoms with Crippen molar-refractivity contribution in [2.75, 3.05) is 6.61 Å². The molecule has 43 heavy (non-hydrogen) atoms. The molecule has 1 unspecified atom stereocenters. The number of esters is 1. The smallest absolute Gasteiger partial charge is 0.330 e. The highest BCUT2D eigenvalue weighted by Crippen LogP contribution is 2.51. The number of β-lactam (4-membered cyclic amide) rings is 1. The van der Waals surface area contributed by atoms with Gasteiger partial charge in [-0.2, -0.15) is 11.3 Å². The van der Waals surface area contributed by atoms with Gasteiger partial charge in [-0.1, -0.05) is 42.5 Å². The minimum Gasteiger partial charge on any atom is -0.508 e. The number of nitrogens with one attached hydrogen (secondary N) is 2. The molecule has 3 N–H and O–H groups in total. The van der Waals surface area contributed by atoms with Gasteiger partial charge in [0.25, 0.3) is 5.91 Å². The Morgan fingerprint density at radius 2 is 1.72 bits per heavy atom. The number of benzene rings is 2. The molecule has 2 aliphatic heterocycles. The molecular formula is C30H27N3O8S2. The Morgan fingerprint density at radius 1 is 1.02 bits per heavy atom. The van der Waals surface area contributed by atoms with Crippen LogP contribution in [0.4, 0.5) is 0 Å². The molecule has 1 aromatic heterocycles. The second kappa shape index (κ2) is 12.0. The Labute approximate surface area is 254 Å². The molecule has 3 aromatic rings. The molecule has 3 amide bonds. The van der Waals surface area contributed by atoms with E-state index in [2.05, 4.69) is 10.6 Å². The number of hydrogen-bond acceptors (Lipinski definition) is 10. The number of carbonyl (C=O) groups is 5. The van der Waals surface area contributed by atoms with Crippen molar-refractivity contribution in [3.63, 3.8) is 0 Å². The number of amides is 3. The van der Waals surface area contributed by atoms with Crippen LogP contribution in [0.3, 0.4) is 0 Å². The average Bonchev–Trinajstić information content (AvgIpc) is 3.25. The van der Waals surface area contributed by atoms with E-state index in [0.29, 0.717) is 11.1 Å². The van der Waals surface area contributed by atoms with Crippen molar-refractivity contribution in [1.29, 1.82) is 0 Å². The summed E-state index contributed by atoms with van der Waals surface area (Å²) in [4.78, 5) is 78.9. The Balaban J connectivity index is 1.29. The Bertz CT molecular complexity index is 1640. The van der Waals surface area contributed by atoms with Gasteiger partial charge < -0.3 is 25.4 Å². The maximum atomic E-state index is 13.5. The number of rotatable bonds is 9. The number of carbonyl (C=O) groups excluding carboxylic acids is 5. The van der Waals surface area contributed by atoms with E-state index in [-0.39, 0.29) is 17.1 Å². The van der Waals surface area contributed by atoms with Gasteiger partial charge in [0, 0.05) is 15.7 Å². The van der Waals surface area contributed by atoms with E-state index in [4.69, 9.17) is 4.74 Å². The first-order valence-electron chi connectivity index (χ1n) is 13.2. The van der Waals surface area contributed by atoms with Crippen LogP contribution in [0.25, 0.3) is 0 Å². The van der Waals surface area contributed by atoms with E-state index in [1.54, 1.807) is 44.2 Å². The number of phenolic OH excluding ortho intramolecular Hbond substituents is 1. The molecule has 13 heteroatoms. The van der Waals surface area contributed by atoms with Gasteiger partial charge in [0.2, 0.25) is 11.8 Å². The number of hydrogen-bond donors (Lipinski definition) is 3. The molecule has 11 nitrogen and oxygen atoms in total. The van der Waals surface area contributed by atoms with E-state index < -0.39 is 64.0 Å². The number of thioether (sulfide) groups is 1. The highest BCUT2D eigenvalue weighted by Gasteiger charge is 2.64. The van der Waals surface area contributed by atoms with E-state index in [9.17, 15) is 33.9 Å². The van der Waals surface area contributed by atoms with Gasteiger partial charge in [-0.15, -0.1) is 11.8 Å². The van der Waals surface area contributed by atoms with Crippen LogP contribution in [0.2, 0.25) is 0 Å². The molecule has 2 aliphatic rings. The van der Waals surface area contributed by atoms with Crippen molar-refractivity contribution in [2.24, 2.45) is 0 Å². The average molecular weight is 622 g/mol. The van der Waals surface area contributed by atoms with Crippen molar-refractivity contribution >= 4 is 52.6 Å². The Hall–Kier alpha value is -4.49. The van der Waals surface area contributed by atoms with Crippen LogP contribution in [-0.4, -0.2) is 68.3 Å². The lowest BCUT2D eigenvalue weighted by atomic mass is 9.95. The lowest BCUT2D eigenvalue weighted by Gasteiger charge is -2.44. The van der Waals surface area contributed by atoms with E-state index in [0.717, 1.165) is 11.3 Å². The number of fused-ring (bicyclic) bond motifs is 1. The molecule has 3 heterocycles. The summed E-state index contributed by atoms with van der Waals surface area (Å²) in [6.45, 7) is 3.07. The fourth-order valence-electron chi connectivity index (χ4n) is 4.98. The number of aromatic hydroxyl groups is 1. The number of phenols is 1. The molecule has 4 atom stereocenters. The Kier molecular flexibility index (Phi) is 8.38. The number of ketones is 1. The molecule has 0 aliphatic carbocycles. The summed E-state index contributed by atoms with van der Waals surface area (Å²) in [5.74, 6) is -3.18. The summed E-state index contributed by atoms with van der Waals surface area (Å²) in [7, 11) is 0. The van der Waals surface area contributed by atoms with Gasteiger partial charge >= 0.3 is 5.97 Å². The highest BCUT2D eigenvalue weighted by atomic mass is 32.2. The van der Waals surface area contributed by atoms with Gasteiger partial charge in [-0.3, -0.25) is 24.0 Å². The van der Waals surface area contributed by atoms with Crippen molar-refractivity contribution in [3.8, 4) is 5.75 Å². The van der Waals surface area contributed by atoms with E-state index in [1.807, 2.05) is 0 Å². The zero-order valence-corrected chi connectivity index (χ0v) is 24.6. The van der Waals surface area contributed by atoms with Crippen molar-refractivity contribution in [3.05, 3.63) is 98.3 Å². The SMILES string of the molecule is CC1(C)S[C@@H]2[C@H](NC(=O)C(NC(=O)c3csccc3=O)c3ccc(O)cc3)C(=O)N2[C@H]1C(=O)OCC(=O)c1ccccc1. The summed E-state index contributed by atoms with van der Waals surface area (Å²) in [6, 6.07) is 11.9. The second-order valence-corrected chi connectivity index (χ2v) is 13.0. The monoisotopic (exact) mass is 621 g/mol. The standard InChI is InChI=1S/C30H27N3O8S2/c1-30(2)24(29(40)41-14-21(36)16-6-4-3-5-7-16)33-27(39)23(28(33)43-30)32-26(38)22(17-8-10-18(34)11-9-17)31-25(37)19-15-42-13-12-20(19)35/h3-13,15,22-24,28,34H,14H2,1-2H3,(H,31,37)(H,32,38)/t22?,23-,24+,28-/m1/s1. The van der Waals surface area contributed by atoms with Crippen molar-refractivity contribution in [1.82, 2.24) is 15.5 Å². The third-order valence-corrected chi connectivity index (χ3v) is 9.40. The zero-order valence-electron chi connectivity index (χ0n) is 23.0. The van der Waals surface area contributed by atoms with Gasteiger partial charge in [0.05, 0.1) is 5.56 Å². The molecule has 0 spiro atoms. The molecular weight excluding hydrogens is 594 g/mol. The molecule has 2 fully saturated rings. The summed E-state index contributed by atoms with van der Waals surface area (Å²) in [5, 5.41) is 17.3. The van der Waals surface area contributed by atoms with Gasteiger partial charge in [-0.05, 0) is 43.0 Å². The van der Waals surface area contributed by atoms with Gasteiger partial charge in [0.1, 0.15) is 29.2 Å². The summed E-state index contributed by atoms with van der Waals surface area (Å²) < 4.78 is 4.53. The predicted molar refractivity (Wildman–Crippen MR) is 159 cm³/mol. The molecule has 222 valence electrons. The largest absolute Gasteiger partial charge is 0.508 e. The molecule has 0 bridgehead atoms. The van der Waals surface area contributed by atoms with Crippen molar-refractivity contribution < 1.29 is 33.8 Å². The molecule has 5 rings (SSSR count). The maximum absolute atomic E-state index is 13.5. The van der Waals surface area contributed by atoms with Crippen LogP contribution in [0, 0.1) is 0 Å². The third-order valence-electron chi connectivity index (χ3n) is 7.16. The number of Topliss-reactive ketones (excluding diaryl/α,β-unsaturated/α-hetero) is 1. The quantitative estimate of drug-likeness (QED) is 0.185. The topological polar surface area (TPSA) is 159 Å². The van der Waals surface area contributed by atoms with Crippen LogP contribution < -0.4 is 16.1 Å². The lowest BCUT2D eigenvalue weighted by Crippen LogP contribution is -2.71. The van der Waals surface area contributed by atoms with E-state index >= 15 is 0 Å². The fraction of sp³-hybridized carbons (Fsp3) is 0.267. The van der Waals surface area contributed by atoms with Crippen LogP contribution in [0.15, 0.2) is 76.2 Å². The van der Waals surface area contributed by atoms with Crippen molar-refractivity contribution in [2.45, 2.75) is 42.1 Å². The van der Waals surface area contributed by atoms with Crippen LogP contribution >= 0.6 is 23.1 Å². The number of ether oxygens (including phenoxy) is 1. The van der Waals surface area contributed by atoms with E-state index in [1.165, 1.54) is 57.8 Å². The fourth-order valence-corrected chi connectivity index (χ4v) is 7.24. The summed E-state index contributed by atoms with van der Waals surface area (Å²) in [6.07, 6.45) is 0. The van der Waals surface area contributed by atoms with Gasteiger partial charge in [-0.25, -0.2) is 4.79 Å².